The van der Waals surface area contributed by atoms with Gasteiger partial charge < -0.3 is 5.73 Å². The van der Waals surface area contributed by atoms with Gasteiger partial charge in [0.2, 0.25) is 0 Å². The Hall–Kier alpha value is -1.93. The van der Waals surface area contributed by atoms with E-state index >= 15 is 0 Å². The molecule has 2 aromatic rings. The van der Waals surface area contributed by atoms with Gasteiger partial charge in [-0.05, 0) is 30.4 Å². The fourth-order valence-corrected chi connectivity index (χ4v) is 3.31. The van der Waals surface area contributed by atoms with Crippen LogP contribution in [0.4, 0.5) is 0 Å². The number of ketones is 1. The van der Waals surface area contributed by atoms with Crippen molar-refractivity contribution in [3.05, 3.63) is 71.8 Å². The molecule has 2 nitrogen and oxygen atoms in total. The van der Waals surface area contributed by atoms with Crippen LogP contribution < -0.4 is 5.73 Å². The molecule has 0 bridgehead atoms. The summed E-state index contributed by atoms with van der Waals surface area (Å²) in [6, 6.07) is 20.1. The topological polar surface area (TPSA) is 43.1 Å². The van der Waals surface area contributed by atoms with Crippen LogP contribution in [0.25, 0.3) is 0 Å². The van der Waals surface area contributed by atoms with Gasteiger partial charge in [0, 0.05) is 12.5 Å². The highest BCUT2D eigenvalue weighted by Gasteiger charge is 2.41. The second kappa shape index (κ2) is 7.56. The molecule has 0 aliphatic carbocycles. The zero-order valence-corrected chi connectivity index (χ0v) is 14.3. The number of rotatable bonds is 7. The average Bonchev–Trinajstić information content (AvgIpc) is 2.53. The lowest BCUT2D eigenvalue weighted by Crippen LogP contribution is -2.42. The van der Waals surface area contributed by atoms with Gasteiger partial charge in [0.25, 0.3) is 0 Å². The van der Waals surface area contributed by atoms with Crippen molar-refractivity contribution in [2.45, 2.75) is 45.1 Å². The molecule has 0 fully saturated rings. The first-order valence-corrected chi connectivity index (χ1v) is 8.36. The van der Waals surface area contributed by atoms with Gasteiger partial charge in [-0.25, -0.2) is 0 Å². The Kier molecular flexibility index (Phi) is 5.73. The first-order valence-electron chi connectivity index (χ1n) is 8.36. The van der Waals surface area contributed by atoms with Crippen molar-refractivity contribution in [3.8, 4) is 0 Å². The Morgan fingerprint density at radius 1 is 0.913 bits per heavy atom. The van der Waals surface area contributed by atoms with E-state index in [1.807, 2.05) is 67.6 Å². The second-order valence-electron chi connectivity index (χ2n) is 6.84. The smallest absolute Gasteiger partial charge is 0.148 e. The molecule has 2 N–H and O–H groups in total. The van der Waals surface area contributed by atoms with E-state index < -0.39 is 5.41 Å². The summed E-state index contributed by atoms with van der Waals surface area (Å²) in [4.78, 5) is 13.4. The molecule has 0 aromatic heterocycles. The Balaban J connectivity index is 2.66. The summed E-state index contributed by atoms with van der Waals surface area (Å²) < 4.78 is 0. The minimum absolute atomic E-state index is 0.0634. The monoisotopic (exact) mass is 309 g/mol. The van der Waals surface area contributed by atoms with Crippen molar-refractivity contribution in [3.63, 3.8) is 0 Å². The molecule has 1 unspecified atom stereocenters. The summed E-state index contributed by atoms with van der Waals surface area (Å²) in [5.74, 6) is 0.574. The Morgan fingerprint density at radius 3 is 1.70 bits per heavy atom. The Labute approximate surface area is 139 Å². The zero-order chi connectivity index (χ0) is 16.9. The molecule has 23 heavy (non-hydrogen) atoms. The summed E-state index contributed by atoms with van der Waals surface area (Å²) in [6.07, 6.45) is 1.17. The first-order chi connectivity index (χ1) is 11.0. The molecule has 0 radical (unpaired) electrons. The van der Waals surface area contributed by atoms with E-state index in [0.29, 0.717) is 18.8 Å². The molecule has 0 aliphatic rings. The van der Waals surface area contributed by atoms with E-state index in [1.54, 1.807) is 0 Å². The quantitative estimate of drug-likeness (QED) is 0.827. The highest BCUT2D eigenvalue weighted by atomic mass is 16.1. The molecule has 0 aliphatic heterocycles. The predicted molar refractivity (Wildman–Crippen MR) is 96.4 cm³/mol. The highest BCUT2D eigenvalue weighted by Crippen LogP contribution is 2.39. The van der Waals surface area contributed by atoms with Gasteiger partial charge >= 0.3 is 0 Å². The molecule has 0 heterocycles. The molecule has 1 atom stereocenters. The summed E-state index contributed by atoms with van der Waals surface area (Å²) in [6.45, 7) is 6.15. The maximum atomic E-state index is 13.4. The van der Waals surface area contributed by atoms with Gasteiger partial charge in [-0.3, -0.25) is 4.79 Å². The molecular formula is C21H27NO. The number of carbonyl (C=O) groups is 1. The van der Waals surface area contributed by atoms with Crippen molar-refractivity contribution in [2.75, 3.05) is 0 Å². The Morgan fingerprint density at radius 2 is 1.35 bits per heavy atom. The molecule has 0 saturated heterocycles. The number of nitrogens with two attached hydrogens (primary N) is 1. The number of hydrogen-bond donors (Lipinski definition) is 1. The van der Waals surface area contributed by atoms with Gasteiger partial charge in [0.05, 0.1) is 5.41 Å². The molecule has 2 aromatic carbocycles. The van der Waals surface area contributed by atoms with Crippen molar-refractivity contribution < 1.29 is 4.79 Å². The van der Waals surface area contributed by atoms with E-state index in [2.05, 4.69) is 13.8 Å². The van der Waals surface area contributed by atoms with Crippen LogP contribution in [0.5, 0.6) is 0 Å². The fraction of sp³-hybridized carbons (Fsp3) is 0.381. The third-order valence-electron chi connectivity index (χ3n) is 4.23. The number of Topliss-reactive ketones (excluding diaryl/α,β-unsaturated/α-hetero) is 1. The van der Waals surface area contributed by atoms with Crippen molar-refractivity contribution >= 4 is 5.78 Å². The maximum Gasteiger partial charge on any atom is 0.148 e. The van der Waals surface area contributed by atoms with Gasteiger partial charge in [-0.15, -0.1) is 0 Å². The average molecular weight is 309 g/mol. The van der Waals surface area contributed by atoms with Crippen LogP contribution in [0.1, 0.15) is 44.7 Å². The summed E-state index contributed by atoms with van der Waals surface area (Å²) >= 11 is 0. The normalized spacial score (nSPS) is 13.1. The zero-order valence-electron chi connectivity index (χ0n) is 14.3. The first kappa shape index (κ1) is 17.4. The van der Waals surface area contributed by atoms with Crippen LogP contribution in [0, 0.1) is 5.92 Å². The summed E-state index contributed by atoms with van der Waals surface area (Å²) in [5, 5.41) is 0. The lowest BCUT2D eigenvalue weighted by molar-refractivity contribution is -0.124. The van der Waals surface area contributed by atoms with Gasteiger partial charge in [0.15, 0.2) is 0 Å². The van der Waals surface area contributed by atoms with Gasteiger partial charge in [-0.1, -0.05) is 74.5 Å². The van der Waals surface area contributed by atoms with E-state index in [9.17, 15) is 4.79 Å². The van der Waals surface area contributed by atoms with E-state index in [0.717, 1.165) is 11.1 Å². The molecule has 0 spiro atoms. The second-order valence-corrected chi connectivity index (χ2v) is 6.84. The van der Waals surface area contributed by atoms with Crippen LogP contribution >= 0.6 is 0 Å². The van der Waals surface area contributed by atoms with E-state index in [1.165, 1.54) is 0 Å². The predicted octanol–water partition coefficient (Wildman–Crippen LogP) is 4.33. The third-order valence-corrected chi connectivity index (χ3v) is 4.23. The molecule has 122 valence electrons. The SMILES string of the molecule is CC(C)CC(=O)C(CC(C)N)(c1ccccc1)c1ccccc1. The lowest BCUT2D eigenvalue weighted by Gasteiger charge is -2.36. The van der Waals surface area contributed by atoms with Crippen LogP contribution in [-0.2, 0) is 10.2 Å². The van der Waals surface area contributed by atoms with Gasteiger partial charge in [-0.2, -0.15) is 0 Å². The Bertz CT molecular complexity index is 577. The largest absolute Gasteiger partial charge is 0.328 e. The minimum atomic E-state index is -0.666. The molecular weight excluding hydrogens is 282 g/mol. The number of carbonyl (C=O) groups excluding carboxylic acids is 1. The van der Waals surface area contributed by atoms with Crippen LogP contribution in [-0.4, -0.2) is 11.8 Å². The minimum Gasteiger partial charge on any atom is -0.328 e. The van der Waals surface area contributed by atoms with Gasteiger partial charge in [0.1, 0.15) is 5.78 Å². The van der Waals surface area contributed by atoms with Crippen LogP contribution in [0.3, 0.4) is 0 Å². The van der Waals surface area contributed by atoms with E-state index in [-0.39, 0.29) is 11.8 Å². The fourth-order valence-electron chi connectivity index (χ4n) is 3.31. The summed E-state index contributed by atoms with van der Waals surface area (Å²) in [7, 11) is 0. The molecule has 0 amide bonds. The maximum absolute atomic E-state index is 13.4. The van der Waals surface area contributed by atoms with E-state index in [4.69, 9.17) is 5.73 Å². The lowest BCUT2D eigenvalue weighted by atomic mass is 9.66. The number of hydrogen-bond acceptors (Lipinski definition) is 2. The van der Waals surface area contributed by atoms with Crippen molar-refractivity contribution in [1.29, 1.82) is 0 Å². The standard InChI is InChI=1S/C21H27NO/c1-16(2)14-20(23)21(15-17(3)22,18-10-6-4-7-11-18)19-12-8-5-9-13-19/h4-13,16-17H,14-15,22H2,1-3H3. The molecule has 2 rings (SSSR count). The van der Waals surface area contributed by atoms with Crippen molar-refractivity contribution in [2.24, 2.45) is 11.7 Å². The highest BCUT2D eigenvalue weighted by molar-refractivity contribution is 5.94. The van der Waals surface area contributed by atoms with Crippen LogP contribution in [0.2, 0.25) is 0 Å². The summed E-state index contributed by atoms with van der Waals surface area (Å²) in [5.41, 5.74) is 7.58. The van der Waals surface area contributed by atoms with Crippen molar-refractivity contribution in [1.82, 2.24) is 0 Å². The number of benzene rings is 2. The molecule has 2 heteroatoms. The molecule has 0 saturated carbocycles. The third kappa shape index (κ3) is 3.89. The van der Waals surface area contributed by atoms with Crippen LogP contribution in [0.15, 0.2) is 60.7 Å².